The van der Waals surface area contributed by atoms with Crippen molar-refractivity contribution >= 4 is 17.7 Å². The van der Waals surface area contributed by atoms with Crippen molar-refractivity contribution < 1.29 is 4.79 Å². The molecule has 2 aromatic rings. The van der Waals surface area contributed by atoms with E-state index in [1.807, 2.05) is 24.9 Å². The van der Waals surface area contributed by atoms with Gasteiger partial charge in [-0.3, -0.25) is 9.79 Å². The molecular formula is C21H29N5O. The standard InChI is InChI=1S/C21H29N5O/c1-5-17-7-9-18(10-8-17)15-26(4)21(22-3)23-13-12-20(27)25-19-11-6-16(2)14-24-19/h6-11,14H,5,12-13,15H2,1-4H3,(H,22,23)(H,24,25,27). The van der Waals surface area contributed by atoms with Crippen LogP contribution in [-0.4, -0.2) is 42.4 Å². The highest BCUT2D eigenvalue weighted by atomic mass is 16.1. The molecule has 0 saturated heterocycles. The van der Waals surface area contributed by atoms with Crippen LogP contribution in [0, 0.1) is 6.92 Å². The lowest BCUT2D eigenvalue weighted by Crippen LogP contribution is -2.39. The van der Waals surface area contributed by atoms with E-state index in [0.29, 0.717) is 18.8 Å². The molecule has 0 spiro atoms. The number of carbonyl (C=O) groups excluding carboxylic acids is 1. The van der Waals surface area contributed by atoms with Crippen molar-refractivity contribution in [1.82, 2.24) is 15.2 Å². The lowest BCUT2D eigenvalue weighted by molar-refractivity contribution is -0.116. The number of amides is 1. The van der Waals surface area contributed by atoms with Gasteiger partial charge in [0.25, 0.3) is 0 Å². The molecule has 0 atom stereocenters. The number of benzene rings is 1. The summed E-state index contributed by atoms with van der Waals surface area (Å²) in [7, 11) is 3.73. The lowest BCUT2D eigenvalue weighted by atomic mass is 10.1. The number of rotatable bonds is 7. The summed E-state index contributed by atoms with van der Waals surface area (Å²) in [6.07, 6.45) is 3.12. The van der Waals surface area contributed by atoms with E-state index < -0.39 is 0 Å². The van der Waals surface area contributed by atoms with Crippen molar-refractivity contribution in [1.29, 1.82) is 0 Å². The number of nitrogens with zero attached hydrogens (tertiary/aromatic N) is 3. The molecule has 6 nitrogen and oxygen atoms in total. The van der Waals surface area contributed by atoms with Crippen molar-refractivity contribution in [2.75, 3.05) is 26.0 Å². The molecule has 0 aliphatic rings. The van der Waals surface area contributed by atoms with E-state index >= 15 is 0 Å². The van der Waals surface area contributed by atoms with Crippen LogP contribution in [0.1, 0.15) is 30.0 Å². The first-order valence-electron chi connectivity index (χ1n) is 9.24. The normalized spacial score (nSPS) is 11.2. The van der Waals surface area contributed by atoms with E-state index in [1.165, 1.54) is 11.1 Å². The Bertz CT molecular complexity index is 753. The maximum atomic E-state index is 12.0. The van der Waals surface area contributed by atoms with Gasteiger partial charge < -0.3 is 15.5 Å². The van der Waals surface area contributed by atoms with Gasteiger partial charge in [0.05, 0.1) is 0 Å². The Morgan fingerprint density at radius 1 is 1.15 bits per heavy atom. The number of anilines is 1. The summed E-state index contributed by atoms with van der Waals surface area (Å²) in [5, 5.41) is 6.03. The average Bonchev–Trinajstić information content (AvgIpc) is 2.67. The van der Waals surface area contributed by atoms with E-state index in [9.17, 15) is 4.79 Å². The Hall–Kier alpha value is -2.89. The van der Waals surface area contributed by atoms with Gasteiger partial charge in [-0.15, -0.1) is 0 Å². The minimum atomic E-state index is -0.0767. The van der Waals surface area contributed by atoms with Crippen LogP contribution in [0.15, 0.2) is 47.6 Å². The Kier molecular flexibility index (Phi) is 7.79. The van der Waals surface area contributed by atoms with Crippen LogP contribution in [0.25, 0.3) is 0 Å². The minimum absolute atomic E-state index is 0.0767. The number of aryl methyl sites for hydroxylation is 2. The predicted molar refractivity (Wildman–Crippen MR) is 111 cm³/mol. The third-order valence-electron chi connectivity index (χ3n) is 4.24. The summed E-state index contributed by atoms with van der Waals surface area (Å²) >= 11 is 0. The van der Waals surface area contributed by atoms with E-state index in [4.69, 9.17) is 0 Å². The number of pyridine rings is 1. The molecule has 27 heavy (non-hydrogen) atoms. The predicted octanol–water partition coefficient (Wildman–Crippen LogP) is 2.99. The third-order valence-corrected chi connectivity index (χ3v) is 4.24. The second kappa shape index (κ2) is 10.3. The van der Waals surface area contributed by atoms with E-state index in [0.717, 1.165) is 24.5 Å². The van der Waals surface area contributed by atoms with Crippen molar-refractivity contribution in [3.8, 4) is 0 Å². The fourth-order valence-electron chi connectivity index (χ4n) is 2.65. The first-order valence-corrected chi connectivity index (χ1v) is 9.24. The highest BCUT2D eigenvalue weighted by Gasteiger charge is 2.08. The molecule has 1 amide bonds. The van der Waals surface area contributed by atoms with Crippen molar-refractivity contribution in [2.45, 2.75) is 33.2 Å². The number of aliphatic imine (C=N–C) groups is 1. The van der Waals surface area contributed by atoms with Gasteiger partial charge in [0.15, 0.2) is 5.96 Å². The maximum absolute atomic E-state index is 12.0. The van der Waals surface area contributed by atoms with Crippen LogP contribution in [0.2, 0.25) is 0 Å². The molecule has 0 unspecified atom stereocenters. The molecule has 0 radical (unpaired) electrons. The van der Waals surface area contributed by atoms with Crippen molar-refractivity contribution in [3.05, 3.63) is 59.3 Å². The van der Waals surface area contributed by atoms with E-state index in [2.05, 4.69) is 51.8 Å². The highest BCUT2D eigenvalue weighted by Crippen LogP contribution is 2.08. The van der Waals surface area contributed by atoms with Gasteiger partial charge in [-0.05, 0) is 36.1 Å². The molecule has 0 saturated carbocycles. The van der Waals surface area contributed by atoms with Crippen LogP contribution in [0.4, 0.5) is 5.82 Å². The smallest absolute Gasteiger partial charge is 0.227 e. The number of aromatic nitrogens is 1. The third kappa shape index (κ3) is 6.73. The molecule has 0 bridgehead atoms. The molecule has 6 heteroatoms. The topological polar surface area (TPSA) is 69.6 Å². The number of carbonyl (C=O) groups is 1. The first kappa shape index (κ1) is 20.4. The molecule has 0 aliphatic heterocycles. The molecule has 144 valence electrons. The van der Waals surface area contributed by atoms with E-state index in [1.54, 1.807) is 19.3 Å². The summed E-state index contributed by atoms with van der Waals surface area (Å²) in [5.74, 6) is 1.26. The molecule has 2 N–H and O–H groups in total. The fourth-order valence-corrected chi connectivity index (χ4v) is 2.65. The lowest BCUT2D eigenvalue weighted by Gasteiger charge is -2.22. The number of hydrogen-bond donors (Lipinski definition) is 2. The fraction of sp³-hybridized carbons (Fsp3) is 0.381. The highest BCUT2D eigenvalue weighted by molar-refractivity contribution is 5.90. The zero-order valence-corrected chi connectivity index (χ0v) is 16.6. The van der Waals surface area contributed by atoms with Gasteiger partial charge in [-0.2, -0.15) is 0 Å². The van der Waals surface area contributed by atoms with Gasteiger partial charge in [0, 0.05) is 39.8 Å². The first-order chi connectivity index (χ1) is 13.0. The Morgan fingerprint density at radius 3 is 2.44 bits per heavy atom. The number of guanidine groups is 1. The second-order valence-corrected chi connectivity index (χ2v) is 6.52. The zero-order valence-electron chi connectivity index (χ0n) is 16.6. The van der Waals surface area contributed by atoms with Crippen LogP contribution in [0.3, 0.4) is 0 Å². The Balaban J connectivity index is 1.78. The van der Waals surface area contributed by atoms with E-state index in [-0.39, 0.29) is 5.91 Å². The van der Waals surface area contributed by atoms with Gasteiger partial charge in [0.2, 0.25) is 5.91 Å². The number of hydrogen-bond acceptors (Lipinski definition) is 3. The largest absolute Gasteiger partial charge is 0.356 e. The van der Waals surface area contributed by atoms with Gasteiger partial charge in [0.1, 0.15) is 5.82 Å². The van der Waals surface area contributed by atoms with Crippen molar-refractivity contribution in [3.63, 3.8) is 0 Å². The Morgan fingerprint density at radius 2 is 1.85 bits per heavy atom. The SMILES string of the molecule is CCc1ccc(CN(C)C(=NC)NCCC(=O)Nc2ccc(C)cn2)cc1. The van der Waals surface area contributed by atoms with Crippen LogP contribution in [0.5, 0.6) is 0 Å². The molecule has 1 aromatic carbocycles. The summed E-state index contributed by atoms with van der Waals surface area (Å²) in [6, 6.07) is 12.3. The number of nitrogens with one attached hydrogen (secondary N) is 2. The quantitative estimate of drug-likeness (QED) is 0.583. The molecule has 1 aromatic heterocycles. The molecule has 1 heterocycles. The second-order valence-electron chi connectivity index (χ2n) is 6.52. The summed E-state index contributed by atoms with van der Waals surface area (Å²) in [5.41, 5.74) is 3.62. The average molecular weight is 367 g/mol. The minimum Gasteiger partial charge on any atom is -0.356 e. The molecular weight excluding hydrogens is 338 g/mol. The molecule has 0 fully saturated rings. The zero-order chi connectivity index (χ0) is 19.6. The van der Waals surface area contributed by atoms with Gasteiger partial charge in [-0.25, -0.2) is 4.98 Å². The maximum Gasteiger partial charge on any atom is 0.227 e. The summed E-state index contributed by atoms with van der Waals surface area (Å²) in [4.78, 5) is 22.6. The Labute approximate surface area is 161 Å². The van der Waals surface area contributed by atoms with Crippen molar-refractivity contribution in [2.24, 2.45) is 4.99 Å². The van der Waals surface area contributed by atoms with Gasteiger partial charge in [-0.1, -0.05) is 37.3 Å². The molecule has 2 rings (SSSR count). The molecule has 0 aliphatic carbocycles. The summed E-state index contributed by atoms with van der Waals surface area (Å²) in [6.45, 7) is 5.37. The van der Waals surface area contributed by atoms with Crippen LogP contribution in [-0.2, 0) is 17.8 Å². The van der Waals surface area contributed by atoms with Crippen LogP contribution >= 0.6 is 0 Å². The summed E-state index contributed by atoms with van der Waals surface area (Å²) < 4.78 is 0. The monoisotopic (exact) mass is 367 g/mol. The van der Waals surface area contributed by atoms with Gasteiger partial charge >= 0.3 is 0 Å². The van der Waals surface area contributed by atoms with Crippen LogP contribution < -0.4 is 10.6 Å².